The Balaban J connectivity index is 2.25. The molecule has 0 bridgehead atoms. The highest BCUT2D eigenvalue weighted by atomic mass is 19.1. The maximum atomic E-state index is 14.0. The first kappa shape index (κ1) is 15.4. The largest absolute Gasteiger partial charge is 0.385 e. The molecule has 4 nitrogen and oxygen atoms in total. The fourth-order valence-electron chi connectivity index (χ4n) is 2.08. The van der Waals surface area contributed by atoms with Gasteiger partial charge in [-0.2, -0.15) is 0 Å². The van der Waals surface area contributed by atoms with E-state index in [-0.39, 0.29) is 5.69 Å². The monoisotopic (exact) mass is 295 g/mol. The van der Waals surface area contributed by atoms with Crippen molar-refractivity contribution >= 4 is 11.6 Å². The first-order valence-corrected chi connectivity index (χ1v) is 6.77. The molecule has 0 fully saturated rings. The normalized spacial score (nSPS) is 10.9. The van der Waals surface area contributed by atoms with Crippen molar-refractivity contribution in [3.8, 4) is 0 Å². The van der Waals surface area contributed by atoms with Crippen molar-refractivity contribution in [2.75, 3.05) is 19.0 Å². The van der Waals surface area contributed by atoms with Crippen LogP contribution in [0.5, 0.6) is 0 Å². The molecule has 1 aromatic heterocycles. The first-order chi connectivity index (χ1) is 10.0. The van der Waals surface area contributed by atoms with Crippen LogP contribution in [0, 0.1) is 25.5 Å². The van der Waals surface area contributed by atoms with Crippen LogP contribution in [0.3, 0.4) is 0 Å². The molecular weight excluding hydrogens is 276 g/mol. The first-order valence-electron chi connectivity index (χ1n) is 6.77. The summed E-state index contributed by atoms with van der Waals surface area (Å²) in [6.45, 7) is 4.70. The molecule has 0 saturated heterocycles. The van der Waals surface area contributed by atoms with Crippen molar-refractivity contribution in [3.63, 3.8) is 0 Å². The molecule has 1 aromatic carbocycles. The lowest BCUT2D eigenvalue weighted by atomic mass is 10.2. The number of halogens is 2. The van der Waals surface area contributed by atoms with Gasteiger partial charge in [0.1, 0.15) is 11.5 Å². The third kappa shape index (κ3) is 3.58. The number of rotatable bonds is 6. The van der Waals surface area contributed by atoms with Gasteiger partial charge in [0.25, 0.3) is 0 Å². The van der Waals surface area contributed by atoms with Crippen molar-refractivity contribution < 1.29 is 13.5 Å². The second kappa shape index (κ2) is 6.67. The zero-order chi connectivity index (χ0) is 15.4. The van der Waals surface area contributed by atoms with Crippen LogP contribution in [0.25, 0.3) is 0 Å². The lowest BCUT2D eigenvalue weighted by molar-refractivity contribution is 0.190. The standard InChI is InChI=1S/C15H19F2N3O/c1-10-5-6-12(16)14(13(10)17)19-15-18-11(2)9-20(15)7-4-8-21-3/h5-6,9H,4,7-8H2,1-3H3,(H,18,19). The van der Waals surface area contributed by atoms with E-state index in [1.807, 2.05) is 17.7 Å². The van der Waals surface area contributed by atoms with Crippen molar-refractivity contribution in [2.24, 2.45) is 0 Å². The minimum absolute atomic E-state index is 0.173. The van der Waals surface area contributed by atoms with Crippen LogP contribution in [0.2, 0.25) is 0 Å². The summed E-state index contributed by atoms with van der Waals surface area (Å²) in [6, 6.07) is 2.65. The van der Waals surface area contributed by atoms with Crippen molar-refractivity contribution in [2.45, 2.75) is 26.8 Å². The van der Waals surface area contributed by atoms with Crippen LogP contribution < -0.4 is 5.32 Å². The van der Waals surface area contributed by atoms with Gasteiger partial charge in [0, 0.05) is 26.5 Å². The zero-order valence-electron chi connectivity index (χ0n) is 12.4. The van der Waals surface area contributed by atoms with E-state index >= 15 is 0 Å². The van der Waals surface area contributed by atoms with E-state index in [0.29, 0.717) is 24.7 Å². The molecule has 114 valence electrons. The Morgan fingerprint density at radius 2 is 2.05 bits per heavy atom. The van der Waals surface area contributed by atoms with Crippen LogP contribution in [-0.2, 0) is 11.3 Å². The molecule has 0 spiro atoms. The number of ether oxygens (including phenoxy) is 1. The molecule has 0 aliphatic rings. The van der Waals surface area contributed by atoms with E-state index in [0.717, 1.165) is 12.1 Å². The Morgan fingerprint density at radius 3 is 2.76 bits per heavy atom. The van der Waals surface area contributed by atoms with Crippen molar-refractivity contribution in [1.29, 1.82) is 0 Å². The van der Waals surface area contributed by atoms with Gasteiger partial charge in [0.15, 0.2) is 5.82 Å². The molecule has 2 rings (SSSR count). The molecular formula is C15H19F2N3O. The molecule has 0 radical (unpaired) electrons. The Labute approximate surface area is 122 Å². The molecule has 6 heteroatoms. The zero-order valence-corrected chi connectivity index (χ0v) is 12.4. The Bertz CT molecular complexity index is 626. The lowest BCUT2D eigenvalue weighted by Crippen LogP contribution is -2.07. The summed E-state index contributed by atoms with van der Waals surface area (Å²) in [7, 11) is 1.63. The number of nitrogens with zero attached hydrogens (tertiary/aromatic N) is 2. The number of hydrogen-bond donors (Lipinski definition) is 1. The summed E-state index contributed by atoms with van der Waals surface area (Å²) in [5, 5.41) is 2.76. The summed E-state index contributed by atoms with van der Waals surface area (Å²) in [5.41, 5.74) is 0.991. The van der Waals surface area contributed by atoms with Gasteiger partial charge in [-0.25, -0.2) is 13.8 Å². The van der Waals surface area contributed by atoms with E-state index in [2.05, 4.69) is 10.3 Å². The Hall–Kier alpha value is -1.95. The number of methoxy groups -OCH3 is 1. The molecule has 21 heavy (non-hydrogen) atoms. The van der Waals surface area contributed by atoms with E-state index < -0.39 is 11.6 Å². The topological polar surface area (TPSA) is 39.1 Å². The number of anilines is 2. The average Bonchev–Trinajstić information content (AvgIpc) is 2.80. The van der Waals surface area contributed by atoms with Crippen molar-refractivity contribution in [3.05, 3.63) is 41.2 Å². The third-order valence-corrected chi connectivity index (χ3v) is 3.17. The highest BCUT2D eigenvalue weighted by Crippen LogP contribution is 2.25. The van der Waals surface area contributed by atoms with Crippen LogP contribution >= 0.6 is 0 Å². The molecule has 0 aliphatic carbocycles. The minimum Gasteiger partial charge on any atom is -0.385 e. The lowest BCUT2D eigenvalue weighted by Gasteiger charge is -2.12. The summed E-state index contributed by atoms with van der Waals surface area (Å²) in [6.07, 6.45) is 2.63. The number of hydrogen-bond acceptors (Lipinski definition) is 3. The molecule has 0 saturated carbocycles. The molecule has 1 N–H and O–H groups in total. The average molecular weight is 295 g/mol. The third-order valence-electron chi connectivity index (χ3n) is 3.17. The highest BCUT2D eigenvalue weighted by Gasteiger charge is 2.14. The second-order valence-corrected chi connectivity index (χ2v) is 4.92. The SMILES string of the molecule is COCCCn1cc(C)nc1Nc1c(F)ccc(C)c1F. The molecule has 1 heterocycles. The van der Waals surface area contributed by atoms with E-state index in [4.69, 9.17) is 4.74 Å². The number of benzene rings is 1. The van der Waals surface area contributed by atoms with Gasteiger partial charge in [0.05, 0.1) is 5.69 Å². The fourth-order valence-corrected chi connectivity index (χ4v) is 2.08. The quantitative estimate of drug-likeness (QED) is 0.828. The van der Waals surface area contributed by atoms with Gasteiger partial charge in [-0.05, 0) is 31.9 Å². The van der Waals surface area contributed by atoms with Gasteiger partial charge in [-0.3, -0.25) is 0 Å². The molecule has 0 amide bonds. The van der Waals surface area contributed by atoms with Gasteiger partial charge in [-0.1, -0.05) is 6.07 Å². The van der Waals surface area contributed by atoms with Crippen LogP contribution in [0.1, 0.15) is 17.7 Å². The van der Waals surface area contributed by atoms with Gasteiger partial charge >= 0.3 is 0 Å². The van der Waals surface area contributed by atoms with Crippen LogP contribution in [-0.4, -0.2) is 23.3 Å². The predicted molar refractivity (Wildman–Crippen MR) is 77.8 cm³/mol. The Kier molecular flexibility index (Phi) is 4.90. The van der Waals surface area contributed by atoms with Gasteiger partial charge < -0.3 is 14.6 Å². The van der Waals surface area contributed by atoms with Gasteiger partial charge in [-0.15, -0.1) is 0 Å². The van der Waals surface area contributed by atoms with E-state index in [9.17, 15) is 8.78 Å². The number of nitrogens with one attached hydrogen (secondary N) is 1. The molecule has 0 atom stereocenters. The van der Waals surface area contributed by atoms with Gasteiger partial charge in [0.2, 0.25) is 5.95 Å². The highest BCUT2D eigenvalue weighted by molar-refractivity contribution is 5.57. The molecule has 0 aliphatic heterocycles. The predicted octanol–water partition coefficient (Wildman–Crippen LogP) is 3.56. The Morgan fingerprint density at radius 1 is 1.29 bits per heavy atom. The van der Waals surface area contributed by atoms with E-state index in [1.165, 1.54) is 12.1 Å². The number of aromatic nitrogens is 2. The molecule has 2 aromatic rings. The number of imidazole rings is 1. The summed E-state index contributed by atoms with van der Waals surface area (Å²) < 4.78 is 34.7. The van der Waals surface area contributed by atoms with Crippen molar-refractivity contribution in [1.82, 2.24) is 9.55 Å². The van der Waals surface area contributed by atoms with Crippen LogP contribution in [0.15, 0.2) is 18.3 Å². The van der Waals surface area contributed by atoms with E-state index in [1.54, 1.807) is 14.0 Å². The number of aryl methyl sites for hydroxylation is 3. The maximum absolute atomic E-state index is 14.0. The molecule has 0 unspecified atom stereocenters. The van der Waals surface area contributed by atoms with Crippen LogP contribution in [0.4, 0.5) is 20.4 Å². The summed E-state index contributed by atoms with van der Waals surface area (Å²) in [4.78, 5) is 4.27. The minimum atomic E-state index is -0.637. The second-order valence-electron chi connectivity index (χ2n) is 4.92. The smallest absolute Gasteiger partial charge is 0.207 e. The summed E-state index contributed by atoms with van der Waals surface area (Å²) in [5.74, 6) is -0.812. The maximum Gasteiger partial charge on any atom is 0.207 e. The fraction of sp³-hybridized carbons (Fsp3) is 0.400. The summed E-state index contributed by atoms with van der Waals surface area (Å²) >= 11 is 0.